The Kier molecular flexibility index (Phi) is 11.2. The molecular formula is C76H54N2O3. The lowest BCUT2D eigenvalue weighted by Gasteiger charge is -2.33. The van der Waals surface area contributed by atoms with Gasteiger partial charge < -0.3 is 23.4 Å². The Labute approximate surface area is 469 Å². The SMILES string of the molecule is C1=CCC(C2C=CC(N(c3ccc(-c4cccc5c4oc4ccccc45)cc3)c3ccc4c(c3)OC3=c5c-4cccc5=C(N(c4ccc(-c5ccccc5)cc4)c4ccc(-c5cccc6c5oc5ccccc56)cc4)CC3)=CC2)C=C1. The molecule has 2 aromatic heterocycles. The van der Waals surface area contributed by atoms with Gasteiger partial charge in [-0.3, -0.25) is 0 Å². The summed E-state index contributed by atoms with van der Waals surface area (Å²) in [6, 6.07) is 80.7. The van der Waals surface area contributed by atoms with Crippen LogP contribution in [0.2, 0.25) is 0 Å². The van der Waals surface area contributed by atoms with Crippen LogP contribution in [0.3, 0.4) is 0 Å². The molecule has 3 aliphatic carbocycles. The minimum absolute atomic E-state index is 0.443. The molecule has 5 nitrogen and oxygen atoms in total. The summed E-state index contributed by atoms with van der Waals surface area (Å²) in [5.41, 5.74) is 19.3. The van der Waals surface area contributed by atoms with Crippen LogP contribution in [0.1, 0.15) is 25.7 Å². The molecule has 2 unspecified atom stereocenters. The third kappa shape index (κ3) is 8.06. The van der Waals surface area contributed by atoms with Crippen LogP contribution >= 0.6 is 0 Å². The molecule has 0 N–H and O–H groups in total. The van der Waals surface area contributed by atoms with Gasteiger partial charge in [-0.25, -0.2) is 0 Å². The van der Waals surface area contributed by atoms with Crippen molar-refractivity contribution in [3.8, 4) is 50.3 Å². The molecule has 0 spiro atoms. The van der Waals surface area contributed by atoms with Gasteiger partial charge in [0, 0.05) is 95.3 Å². The van der Waals surface area contributed by atoms with E-state index in [-0.39, 0.29) is 0 Å². The van der Waals surface area contributed by atoms with Crippen molar-refractivity contribution in [1.82, 2.24) is 0 Å². The Morgan fingerprint density at radius 1 is 0.395 bits per heavy atom. The first-order valence-corrected chi connectivity index (χ1v) is 28.3. The molecule has 0 fully saturated rings. The summed E-state index contributed by atoms with van der Waals surface area (Å²) in [5, 5.41) is 6.87. The standard InChI is InChI=1S/C76H54N2O3/c1-3-14-49(15-4-1)51-28-36-55(37-29-51)77(56-40-32-53(33-41-56)60-20-11-23-66-62-18-7-9-26-70(62)80-75(60)66)59-44-45-64-65-22-13-25-68-69(46-47-72(74(65)68)79-73(64)48-59)78(57-38-30-52(31-39-57)50-16-5-2-6-17-50)58-42-34-54(35-43-58)61-21-12-24-67-63-19-8-10-27-71(63)81-76(61)67/h1-14,16-28,30-45,48-49,51H,15,29,46-47H2. The average molecular weight is 1040 g/mol. The molecule has 1 aliphatic heterocycles. The van der Waals surface area contributed by atoms with E-state index in [0.717, 1.165) is 137 Å². The van der Waals surface area contributed by atoms with Gasteiger partial charge in [-0.15, -0.1) is 0 Å². The molecule has 0 saturated carbocycles. The maximum Gasteiger partial charge on any atom is 0.143 e. The fraction of sp³-hybridized carbons (Fsp3) is 0.0789. The van der Waals surface area contributed by atoms with Crippen LogP contribution in [0.15, 0.2) is 282 Å². The predicted molar refractivity (Wildman–Crippen MR) is 334 cm³/mol. The van der Waals surface area contributed by atoms with Gasteiger partial charge in [-0.1, -0.05) is 194 Å². The number of furan rings is 2. The van der Waals surface area contributed by atoms with Crippen LogP contribution in [0.5, 0.6) is 5.75 Å². The molecule has 2 atom stereocenters. The molecule has 4 aliphatic rings. The van der Waals surface area contributed by atoms with Gasteiger partial charge in [0.15, 0.2) is 0 Å². The van der Waals surface area contributed by atoms with Gasteiger partial charge in [-0.2, -0.15) is 0 Å². The smallest absolute Gasteiger partial charge is 0.143 e. The van der Waals surface area contributed by atoms with Gasteiger partial charge in [0.25, 0.3) is 0 Å². The summed E-state index contributed by atoms with van der Waals surface area (Å²) in [6.07, 6.45) is 19.7. The zero-order valence-electron chi connectivity index (χ0n) is 44.5. The van der Waals surface area contributed by atoms with E-state index < -0.39 is 0 Å². The van der Waals surface area contributed by atoms with E-state index >= 15 is 0 Å². The van der Waals surface area contributed by atoms with Gasteiger partial charge >= 0.3 is 0 Å². The summed E-state index contributed by atoms with van der Waals surface area (Å²) < 4.78 is 20.2. The molecule has 12 aromatic rings. The summed E-state index contributed by atoms with van der Waals surface area (Å²) in [7, 11) is 0. The van der Waals surface area contributed by atoms with Crippen LogP contribution < -0.4 is 25.0 Å². The highest BCUT2D eigenvalue weighted by Gasteiger charge is 2.29. The van der Waals surface area contributed by atoms with Crippen molar-refractivity contribution in [3.63, 3.8) is 0 Å². The molecule has 0 bridgehead atoms. The van der Waals surface area contributed by atoms with Gasteiger partial charge in [0.05, 0.1) is 0 Å². The Morgan fingerprint density at radius 3 is 1.58 bits per heavy atom. The normalized spacial score (nSPS) is 16.2. The second-order valence-corrected chi connectivity index (χ2v) is 21.7. The monoisotopic (exact) mass is 1040 g/mol. The molecule has 81 heavy (non-hydrogen) atoms. The van der Waals surface area contributed by atoms with E-state index in [0.29, 0.717) is 11.8 Å². The number of anilines is 4. The van der Waals surface area contributed by atoms with E-state index in [9.17, 15) is 0 Å². The van der Waals surface area contributed by atoms with E-state index in [4.69, 9.17) is 13.6 Å². The number of hydrogen-bond acceptors (Lipinski definition) is 5. The lowest BCUT2D eigenvalue weighted by Crippen LogP contribution is -2.40. The van der Waals surface area contributed by atoms with Gasteiger partial charge in [0.1, 0.15) is 33.8 Å². The molecule has 386 valence electrons. The second-order valence-electron chi connectivity index (χ2n) is 21.7. The van der Waals surface area contributed by atoms with E-state index in [1.165, 1.54) is 32.8 Å². The van der Waals surface area contributed by atoms with Crippen LogP contribution in [-0.2, 0) is 0 Å². The number of benzene rings is 10. The Bertz CT molecular complexity index is 4730. The first-order chi connectivity index (χ1) is 40.1. The number of hydrogen-bond donors (Lipinski definition) is 0. The molecular weight excluding hydrogens is 989 g/mol. The molecule has 10 aromatic carbocycles. The molecule has 0 radical (unpaired) electrons. The summed E-state index contributed by atoms with van der Waals surface area (Å²) in [6.45, 7) is 0. The van der Waals surface area contributed by atoms with Crippen molar-refractivity contribution in [2.45, 2.75) is 25.7 Å². The van der Waals surface area contributed by atoms with E-state index in [1.807, 2.05) is 24.3 Å². The number of ether oxygens (including phenoxy) is 1. The number of fused-ring (bicyclic) bond motifs is 8. The average Bonchev–Trinajstić information content (AvgIpc) is 4.32. The molecule has 5 heteroatoms. The highest BCUT2D eigenvalue weighted by Crippen LogP contribution is 2.45. The number of rotatable bonds is 10. The first kappa shape index (κ1) is 46.9. The molecule has 3 heterocycles. The maximum atomic E-state index is 7.21. The van der Waals surface area contributed by atoms with Crippen molar-refractivity contribution in [3.05, 3.63) is 283 Å². The fourth-order valence-corrected chi connectivity index (χ4v) is 13.1. The zero-order valence-corrected chi connectivity index (χ0v) is 44.5. The topological polar surface area (TPSA) is 42.0 Å². The summed E-state index contributed by atoms with van der Waals surface area (Å²) >= 11 is 0. The molecule has 0 saturated heterocycles. The minimum Gasteiger partial charge on any atom is -0.460 e. The van der Waals surface area contributed by atoms with Gasteiger partial charge in [-0.05, 0) is 126 Å². The quantitative estimate of drug-likeness (QED) is 0.137. The second kappa shape index (κ2) is 19.4. The Morgan fingerprint density at radius 2 is 0.951 bits per heavy atom. The van der Waals surface area contributed by atoms with E-state index in [1.54, 1.807) is 0 Å². The maximum absolute atomic E-state index is 7.21. The molecule has 16 rings (SSSR count). The summed E-state index contributed by atoms with van der Waals surface area (Å²) in [4.78, 5) is 4.86. The van der Waals surface area contributed by atoms with E-state index in [2.05, 4.69) is 253 Å². The molecule has 0 amide bonds. The van der Waals surface area contributed by atoms with Gasteiger partial charge in [0.2, 0.25) is 0 Å². The van der Waals surface area contributed by atoms with Crippen LogP contribution in [-0.4, -0.2) is 0 Å². The van der Waals surface area contributed by atoms with Crippen LogP contribution in [0, 0.1) is 11.8 Å². The third-order valence-electron chi connectivity index (χ3n) is 17.1. The summed E-state index contributed by atoms with van der Waals surface area (Å²) in [5.74, 6) is 2.81. The lowest BCUT2D eigenvalue weighted by molar-refractivity contribution is 0.476. The minimum atomic E-state index is 0.443. The van der Waals surface area contributed by atoms with Crippen molar-refractivity contribution in [2.24, 2.45) is 11.8 Å². The van der Waals surface area contributed by atoms with Crippen molar-refractivity contribution in [1.29, 1.82) is 0 Å². The van der Waals surface area contributed by atoms with Crippen molar-refractivity contribution >= 4 is 78.1 Å². The predicted octanol–water partition coefficient (Wildman–Crippen LogP) is 19.1. The number of para-hydroxylation sites is 4. The third-order valence-corrected chi connectivity index (χ3v) is 17.1. The number of nitrogens with zero attached hydrogens (tertiary/aromatic N) is 2. The first-order valence-electron chi connectivity index (χ1n) is 28.3. The largest absolute Gasteiger partial charge is 0.460 e. The fourth-order valence-electron chi connectivity index (χ4n) is 13.1. The number of allylic oxidation sites excluding steroid dienone is 7. The Balaban J connectivity index is 0.785. The van der Waals surface area contributed by atoms with Crippen LogP contribution in [0.25, 0.3) is 99.8 Å². The van der Waals surface area contributed by atoms with Crippen LogP contribution in [0.4, 0.5) is 22.7 Å². The van der Waals surface area contributed by atoms with Crippen molar-refractivity contribution in [2.75, 3.05) is 9.80 Å². The lowest BCUT2D eigenvalue weighted by atomic mass is 9.82. The Hall–Kier alpha value is -10.1. The van der Waals surface area contributed by atoms with Crippen molar-refractivity contribution < 1.29 is 13.6 Å². The highest BCUT2D eigenvalue weighted by atomic mass is 16.5. The highest BCUT2D eigenvalue weighted by molar-refractivity contribution is 6.10. The zero-order chi connectivity index (χ0) is 53.4.